The van der Waals surface area contributed by atoms with Gasteiger partial charge in [-0.2, -0.15) is 0 Å². The second-order valence-corrected chi connectivity index (χ2v) is 11.9. The highest BCUT2D eigenvalue weighted by Crippen LogP contribution is 2.39. The molecule has 2 aromatic carbocycles. The third-order valence-corrected chi connectivity index (χ3v) is 8.89. The quantitative estimate of drug-likeness (QED) is 0.137. The fraction of sp³-hybridized carbons (Fsp3) is 0.562. The summed E-state index contributed by atoms with van der Waals surface area (Å²) < 4.78 is 39.8. The fourth-order valence-electron chi connectivity index (χ4n) is 6.18. The van der Waals surface area contributed by atoms with Crippen molar-refractivity contribution in [3.05, 3.63) is 42.0 Å². The van der Waals surface area contributed by atoms with Gasteiger partial charge in [0.05, 0.1) is 32.5 Å². The molecule has 14 nitrogen and oxygen atoms in total. The van der Waals surface area contributed by atoms with E-state index in [1.165, 1.54) is 0 Å². The van der Waals surface area contributed by atoms with Crippen molar-refractivity contribution < 1.29 is 68.6 Å². The number of benzene rings is 2. The zero-order valence-electron chi connectivity index (χ0n) is 25.2. The van der Waals surface area contributed by atoms with Crippen LogP contribution in [0.2, 0.25) is 0 Å². The molecule has 7 N–H and O–H groups in total. The highest BCUT2D eigenvalue weighted by molar-refractivity contribution is 5.88. The van der Waals surface area contributed by atoms with Gasteiger partial charge in [-0.3, -0.25) is 0 Å². The second-order valence-electron chi connectivity index (χ2n) is 11.9. The van der Waals surface area contributed by atoms with Gasteiger partial charge in [0.1, 0.15) is 42.4 Å². The van der Waals surface area contributed by atoms with Crippen LogP contribution in [0.15, 0.2) is 40.8 Å². The molecular formula is C32H40O14. The predicted octanol–water partition coefficient (Wildman–Crippen LogP) is 0.0740. The summed E-state index contributed by atoms with van der Waals surface area (Å²) in [5, 5.41) is 72.2. The lowest BCUT2D eigenvalue weighted by Gasteiger charge is -2.42. The number of furan rings is 1. The molecule has 0 amide bonds. The molecule has 3 aromatic rings. The minimum absolute atomic E-state index is 0.0545. The largest absolute Gasteiger partial charge is 0.493 e. The van der Waals surface area contributed by atoms with Crippen LogP contribution >= 0.6 is 0 Å². The topological polar surface area (TPSA) is 210 Å². The van der Waals surface area contributed by atoms with Gasteiger partial charge >= 0.3 is 0 Å². The Kier molecular flexibility index (Phi) is 10.0. The van der Waals surface area contributed by atoms with E-state index in [1.807, 2.05) is 36.4 Å². The standard InChI is InChI=1S/C32H40O14/c1-40-23-8-15(7-17-10-20(45-31(17)23)16-4-5-19-21(9-16)44-14-43-19)3-2-6-41-32-30(39)29(38)27(36)24(46-32)13-42-22-11-18(12-33)25(34)28(37)26(22)35/h4-5,7-10,18,22,24-30,32-39H,2-3,6,11-14H2,1H3/t18-,22-,24-,25-,26+,27-,28+,29+,30-,32-/m1/s1. The number of hydrogen-bond acceptors (Lipinski definition) is 14. The van der Waals surface area contributed by atoms with Gasteiger partial charge in [0.25, 0.3) is 0 Å². The maximum Gasteiger partial charge on any atom is 0.231 e. The van der Waals surface area contributed by atoms with Gasteiger partial charge in [-0.05, 0) is 61.2 Å². The zero-order valence-corrected chi connectivity index (χ0v) is 25.2. The average Bonchev–Trinajstić information content (AvgIpc) is 3.72. The molecule has 2 fully saturated rings. The van der Waals surface area contributed by atoms with Crippen molar-refractivity contribution in [3.63, 3.8) is 0 Å². The van der Waals surface area contributed by atoms with Crippen LogP contribution in [-0.2, 0) is 20.6 Å². The molecule has 10 atom stereocenters. The summed E-state index contributed by atoms with van der Waals surface area (Å²) in [6.45, 7) is -0.402. The smallest absolute Gasteiger partial charge is 0.231 e. The summed E-state index contributed by atoms with van der Waals surface area (Å²) in [5.41, 5.74) is 2.39. The van der Waals surface area contributed by atoms with Crippen molar-refractivity contribution in [1.29, 1.82) is 0 Å². The summed E-state index contributed by atoms with van der Waals surface area (Å²) in [7, 11) is 1.57. The molecule has 46 heavy (non-hydrogen) atoms. The molecule has 1 aliphatic carbocycles. The lowest BCUT2D eigenvalue weighted by Crippen LogP contribution is -2.60. The third kappa shape index (κ3) is 6.55. The van der Waals surface area contributed by atoms with E-state index in [0.717, 1.165) is 16.5 Å². The van der Waals surface area contributed by atoms with Crippen LogP contribution in [0.25, 0.3) is 22.3 Å². The Hall–Kier alpha value is -3.02. The Bertz CT molecular complexity index is 1470. The van der Waals surface area contributed by atoms with Crippen LogP contribution in [0.4, 0.5) is 0 Å². The molecule has 1 aromatic heterocycles. The predicted molar refractivity (Wildman–Crippen MR) is 158 cm³/mol. The molecule has 0 bridgehead atoms. The lowest BCUT2D eigenvalue weighted by atomic mass is 9.81. The van der Waals surface area contributed by atoms with Crippen molar-refractivity contribution in [1.82, 2.24) is 0 Å². The van der Waals surface area contributed by atoms with Crippen molar-refractivity contribution in [2.45, 2.75) is 74.4 Å². The molecule has 3 aliphatic rings. The normalized spacial score (nSPS) is 32.6. The molecule has 3 heterocycles. The van der Waals surface area contributed by atoms with Crippen molar-refractivity contribution in [2.75, 3.05) is 33.7 Å². The maximum absolute atomic E-state index is 10.5. The van der Waals surface area contributed by atoms with Crippen LogP contribution in [0.5, 0.6) is 17.2 Å². The SMILES string of the molecule is COc1cc(CCCO[C@@H]2O[C@H](CO[C@@H]3C[C@H](CO)[C@@H](O)[C@H](O)[C@H]3O)[C@@H](O)[C@H](O)[C@H]2O)cc2cc(-c3ccc4c(c3)OCO4)oc12. The van der Waals surface area contributed by atoms with Crippen LogP contribution in [0.1, 0.15) is 18.4 Å². The molecular weight excluding hydrogens is 608 g/mol. The first kappa shape index (κ1) is 32.9. The molecule has 0 radical (unpaired) electrons. The Morgan fingerprint density at radius 3 is 2.39 bits per heavy atom. The number of methoxy groups -OCH3 is 1. The molecule has 14 heteroatoms. The first-order valence-electron chi connectivity index (χ1n) is 15.3. The van der Waals surface area contributed by atoms with Gasteiger partial charge in [0, 0.05) is 23.5 Å². The van der Waals surface area contributed by atoms with Gasteiger partial charge in [-0.1, -0.05) is 0 Å². The monoisotopic (exact) mass is 648 g/mol. The summed E-state index contributed by atoms with van der Waals surface area (Å²) in [6, 6.07) is 11.4. The summed E-state index contributed by atoms with van der Waals surface area (Å²) in [4.78, 5) is 0. The molecule has 0 unspecified atom stereocenters. The molecule has 0 spiro atoms. The van der Waals surface area contributed by atoms with E-state index in [0.29, 0.717) is 41.4 Å². The Labute approximate surface area is 264 Å². The Balaban J connectivity index is 1.05. The number of ether oxygens (including phenoxy) is 6. The molecule has 252 valence electrons. The number of fused-ring (bicyclic) bond motifs is 2. The molecule has 1 saturated carbocycles. The molecule has 1 saturated heterocycles. The number of aliphatic hydroxyl groups is 7. The minimum atomic E-state index is -1.59. The summed E-state index contributed by atoms with van der Waals surface area (Å²) in [6.07, 6.45) is -11.1. The Morgan fingerprint density at radius 1 is 0.826 bits per heavy atom. The van der Waals surface area contributed by atoms with Crippen LogP contribution in [0, 0.1) is 5.92 Å². The minimum Gasteiger partial charge on any atom is -0.493 e. The van der Waals surface area contributed by atoms with E-state index in [4.69, 9.17) is 32.8 Å². The highest BCUT2D eigenvalue weighted by Gasteiger charge is 2.47. The fourth-order valence-corrected chi connectivity index (χ4v) is 6.18. The number of aryl methyl sites for hydroxylation is 1. The average molecular weight is 649 g/mol. The van der Waals surface area contributed by atoms with Crippen LogP contribution in [0.3, 0.4) is 0 Å². The third-order valence-electron chi connectivity index (χ3n) is 8.89. The van der Waals surface area contributed by atoms with Gasteiger partial charge in [-0.15, -0.1) is 0 Å². The van der Waals surface area contributed by atoms with E-state index in [-0.39, 0.29) is 26.4 Å². The van der Waals surface area contributed by atoms with E-state index < -0.39 is 67.6 Å². The van der Waals surface area contributed by atoms with Crippen LogP contribution in [-0.4, -0.2) is 125 Å². The number of rotatable bonds is 11. The van der Waals surface area contributed by atoms with Crippen LogP contribution < -0.4 is 14.2 Å². The van der Waals surface area contributed by atoms with E-state index in [2.05, 4.69) is 0 Å². The van der Waals surface area contributed by atoms with Crippen molar-refractivity contribution >= 4 is 11.0 Å². The number of hydrogen-bond donors (Lipinski definition) is 7. The van der Waals surface area contributed by atoms with Gasteiger partial charge in [0.2, 0.25) is 6.79 Å². The van der Waals surface area contributed by atoms with Crippen molar-refractivity contribution in [2.24, 2.45) is 5.92 Å². The number of aliphatic hydroxyl groups excluding tert-OH is 7. The molecule has 2 aliphatic heterocycles. The lowest BCUT2D eigenvalue weighted by molar-refractivity contribution is -0.307. The first-order valence-corrected chi connectivity index (χ1v) is 15.3. The van der Waals surface area contributed by atoms with Crippen molar-refractivity contribution in [3.8, 4) is 28.6 Å². The van der Waals surface area contributed by atoms with Gasteiger partial charge < -0.3 is 68.6 Å². The van der Waals surface area contributed by atoms with Gasteiger partial charge in [-0.25, -0.2) is 0 Å². The first-order chi connectivity index (χ1) is 22.2. The van der Waals surface area contributed by atoms with Gasteiger partial charge in [0.15, 0.2) is 29.1 Å². The van der Waals surface area contributed by atoms with E-state index >= 15 is 0 Å². The second kappa shape index (κ2) is 14.0. The summed E-state index contributed by atoms with van der Waals surface area (Å²) >= 11 is 0. The molecule has 6 rings (SSSR count). The summed E-state index contributed by atoms with van der Waals surface area (Å²) in [5.74, 6) is 1.84. The zero-order chi connectivity index (χ0) is 32.5. The van der Waals surface area contributed by atoms with E-state index in [1.54, 1.807) is 7.11 Å². The maximum atomic E-state index is 10.5. The Morgan fingerprint density at radius 2 is 1.61 bits per heavy atom. The highest BCUT2D eigenvalue weighted by atomic mass is 16.7. The van der Waals surface area contributed by atoms with E-state index in [9.17, 15) is 35.7 Å².